The molecule has 0 spiro atoms. The topological polar surface area (TPSA) is 72.0 Å². The van der Waals surface area contributed by atoms with Crippen LogP contribution in [0.25, 0.3) is 11.5 Å². The van der Waals surface area contributed by atoms with Crippen molar-refractivity contribution in [1.29, 1.82) is 0 Å². The van der Waals surface area contributed by atoms with E-state index in [-0.39, 0.29) is 12.4 Å². The molecule has 0 aliphatic carbocycles. The van der Waals surface area contributed by atoms with Gasteiger partial charge in [0, 0.05) is 12.4 Å². The number of aryl methyl sites for hydroxylation is 1. The van der Waals surface area contributed by atoms with E-state index in [9.17, 15) is 0 Å². The lowest BCUT2D eigenvalue weighted by molar-refractivity contribution is 0.264. The number of aliphatic hydroxyl groups excluding tert-OH is 1. The zero-order valence-electron chi connectivity index (χ0n) is 7.64. The van der Waals surface area contributed by atoms with Crippen molar-refractivity contribution in [2.75, 3.05) is 0 Å². The summed E-state index contributed by atoms with van der Waals surface area (Å²) in [5.74, 6) is 0.659. The van der Waals surface area contributed by atoms with Gasteiger partial charge in [-0.2, -0.15) is 4.98 Å². The monoisotopic (exact) mass is 191 g/mol. The fraction of sp³-hybridized carbons (Fsp3) is 0.222. The van der Waals surface area contributed by atoms with Gasteiger partial charge in [-0.15, -0.1) is 0 Å². The average molecular weight is 191 g/mol. The Hall–Kier alpha value is -1.75. The summed E-state index contributed by atoms with van der Waals surface area (Å²) in [4.78, 5) is 7.98. The van der Waals surface area contributed by atoms with Gasteiger partial charge in [0.1, 0.15) is 6.61 Å². The third-order valence-corrected chi connectivity index (χ3v) is 1.73. The zero-order chi connectivity index (χ0) is 9.97. The van der Waals surface area contributed by atoms with Crippen molar-refractivity contribution in [2.24, 2.45) is 0 Å². The molecule has 0 saturated carbocycles. The van der Waals surface area contributed by atoms with Crippen LogP contribution in [0.1, 0.15) is 11.4 Å². The maximum Gasteiger partial charge on any atom is 0.259 e. The van der Waals surface area contributed by atoms with Crippen LogP contribution < -0.4 is 0 Å². The maximum absolute atomic E-state index is 8.75. The first-order valence-corrected chi connectivity index (χ1v) is 4.15. The van der Waals surface area contributed by atoms with Gasteiger partial charge in [0.15, 0.2) is 5.82 Å². The van der Waals surface area contributed by atoms with Crippen molar-refractivity contribution in [3.63, 3.8) is 0 Å². The number of rotatable bonds is 2. The minimum absolute atomic E-state index is 0.219. The Bertz CT molecular complexity index is 439. The van der Waals surface area contributed by atoms with Crippen molar-refractivity contribution in [3.8, 4) is 11.5 Å². The van der Waals surface area contributed by atoms with E-state index in [1.165, 1.54) is 0 Å². The summed E-state index contributed by atoms with van der Waals surface area (Å²) >= 11 is 0. The highest BCUT2D eigenvalue weighted by atomic mass is 16.5. The summed E-state index contributed by atoms with van der Waals surface area (Å²) < 4.78 is 4.94. The second-order valence-corrected chi connectivity index (χ2v) is 2.92. The van der Waals surface area contributed by atoms with Crippen LogP contribution >= 0.6 is 0 Å². The van der Waals surface area contributed by atoms with E-state index in [2.05, 4.69) is 15.1 Å². The van der Waals surface area contributed by atoms with Crippen molar-refractivity contribution < 1.29 is 9.63 Å². The summed E-state index contributed by atoms with van der Waals surface area (Å²) in [6, 6.07) is 1.89. The van der Waals surface area contributed by atoms with Gasteiger partial charge in [0.2, 0.25) is 0 Å². The lowest BCUT2D eigenvalue weighted by atomic mass is 10.2. The molecule has 1 N–H and O–H groups in total. The third-order valence-electron chi connectivity index (χ3n) is 1.73. The van der Waals surface area contributed by atoms with Crippen LogP contribution in [0.4, 0.5) is 0 Å². The number of hydrogen-bond acceptors (Lipinski definition) is 5. The molecule has 0 fully saturated rings. The number of aromatic nitrogens is 3. The van der Waals surface area contributed by atoms with Crippen LogP contribution in [-0.4, -0.2) is 20.2 Å². The van der Waals surface area contributed by atoms with Crippen molar-refractivity contribution >= 4 is 0 Å². The van der Waals surface area contributed by atoms with E-state index in [1.807, 2.05) is 13.0 Å². The molecule has 14 heavy (non-hydrogen) atoms. The predicted molar refractivity (Wildman–Crippen MR) is 48.2 cm³/mol. The lowest BCUT2D eigenvalue weighted by Gasteiger charge is -1.93. The molecule has 0 unspecified atom stereocenters. The lowest BCUT2D eigenvalue weighted by Crippen LogP contribution is -1.86. The minimum Gasteiger partial charge on any atom is -0.388 e. The normalized spacial score (nSPS) is 10.4. The highest BCUT2D eigenvalue weighted by Crippen LogP contribution is 2.16. The Kier molecular flexibility index (Phi) is 2.24. The quantitative estimate of drug-likeness (QED) is 0.764. The summed E-state index contributed by atoms with van der Waals surface area (Å²) in [5, 5.41) is 12.3. The Morgan fingerprint density at radius 3 is 2.93 bits per heavy atom. The van der Waals surface area contributed by atoms with E-state index >= 15 is 0 Å². The van der Waals surface area contributed by atoms with E-state index < -0.39 is 0 Å². The fourth-order valence-electron chi connectivity index (χ4n) is 1.11. The molecule has 5 heteroatoms. The second-order valence-electron chi connectivity index (χ2n) is 2.92. The summed E-state index contributed by atoms with van der Waals surface area (Å²) in [5.41, 5.74) is 1.78. The molecule has 2 heterocycles. The first-order valence-electron chi connectivity index (χ1n) is 4.15. The Morgan fingerprint density at radius 2 is 2.29 bits per heavy atom. The van der Waals surface area contributed by atoms with Crippen molar-refractivity contribution in [3.05, 3.63) is 29.8 Å². The van der Waals surface area contributed by atoms with Crippen molar-refractivity contribution in [2.45, 2.75) is 13.5 Å². The molecule has 0 aliphatic rings. The van der Waals surface area contributed by atoms with Gasteiger partial charge < -0.3 is 9.63 Å². The number of nitrogens with zero attached hydrogens (tertiary/aromatic N) is 3. The first-order chi connectivity index (χ1) is 6.79. The average Bonchev–Trinajstić information content (AvgIpc) is 2.66. The van der Waals surface area contributed by atoms with E-state index in [0.717, 1.165) is 11.1 Å². The zero-order valence-corrected chi connectivity index (χ0v) is 7.64. The van der Waals surface area contributed by atoms with Crippen LogP contribution in [0.3, 0.4) is 0 Å². The molecular formula is C9H9N3O2. The van der Waals surface area contributed by atoms with Gasteiger partial charge in [-0.05, 0) is 18.6 Å². The number of pyridine rings is 1. The van der Waals surface area contributed by atoms with Crippen LogP contribution in [0, 0.1) is 6.92 Å². The molecule has 2 aromatic heterocycles. The largest absolute Gasteiger partial charge is 0.388 e. The summed E-state index contributed by atoms with van der Waals surface area (Å²) in [6.45, 7) is 1.71. The molecule has 0 amide bonds. The highest BCUT2D eigenvalue weighted by molar-refractivity contribution is 5.51. The fourth-order valence-corrected chi connectivity index (χ4v) is 1.11. The molecule has 0 aliphatic heterocycles. The minimum atomic E-state index is -0.219. The molecule has 72 valence electrons. The van der Waals surface area contributed by atoms with E-state index in [0.29, 0.717) is 5.89 Å². The Morgan fingerprint density at radius 1 is 1.43 bits per heavy atom. The number of hydrogen-bond donors (Lipinski definition) is 1. The van der Waals surface area contributed by atoms with E-state index in [1.54, 1.807) is 12.4 Å². The maximum atomic E-state index is 8.75. The van der Waals surface area contributed by atoms with Crippen LogP contribution in [-0.2, 0) is 6.61 Å². The molecule has 0 saturated heterocycles. The van der Waals surface area contributed by atoms with Crippen LogP contribution in [0.5, 0.6) is 0 Å². The first kappa shape index (κ1) is 8.83. The third kappa shape index (κ3) is 1.62. The molecular weight excluding hydrogens is 182 g/mol. The SMILES string of the molecule is Cc1cncc(-c2nc(CO)no2)c1. The molecule has 2 aromatic rings. The second kappa shape index (κ2) is 3.55. The summed E-state index contributed by atoms with van der Waals surface area (Å²) in [7, 11) is 0. The molecule has 0 aromatic carbocycles. The molecule has 0 radical (unpaired) electrons. The van der Waals surface area contributed by atoms with Crippen molar-refractivity contribution in [1.82, 2.24) is 15.1 Å². The standard InChI is InChI=1S/C9H9N3O2/c1-6-2-7(4-10-3-6)9-11-8(5-13)12-14-9/h2-4,13H,5H2,1H3. The predicted octanol–water partition coefficient (Wildman–Crippen LogP) is 0.932. The Labute approximate surface area is 80.4 Å². The smallest absolute Gasteiger partial charge is 0.259 e. The molecule has 0 bridgehead atoms. The number of aliphatic hydroxyl groups is 1. The molecule has 0 atom stereocenters. The molecule has 2 rings (SSSR count). The molecule has 5 nitrogen and oxygen atoms in total. The van der Waals surface area contributed by atoms with Crippen LogP contribution in [0.15, 0.2) is 23.0 Å². The van der Waals surface area contributed by atoms with E-state index in [4.69, 9.17) is 9.63 Å². The summed E-state index contributed by atoms with van der Waals surface area (Å²) in [6.07, 6.45) is 3.38. The van der Waals surface area contributed by atoms with Gasteiger partial charge in [0.05, 0.1) is 5.56 Å². The van der Waals surface area contributed by atoms with Gasteiger partial charge in [-0.3, -0.25) is 4.98 Å². The van der Waals surface area contributed by atoms with Gasteiger partial charge in [0.25, 0.3) is 5.89 Å². The van der Waals surface area contributed by atoms with Gasteiger partial charge in [-0.1, -0.05) is 5.16 Å². The Balaban J connectivity index is 2.39. The van der Waals surface area contributed by atoms with Gasteiger partial charge >= 0.3 is 0 Å². The highest BCUT2D eigenvalue weighted by Gasteiger charge is 2.07. The van der Waals surface area contributed by atoms with Crippen LogP contribution in [0.2, 0.25) is 0 Å². The van der Waals surface area contributed by atoms with Gasteiger partial charge in [-0.25, -0.2) is 0 Å².